The van der Waals surface area contributed by atoms with Crippen LogP contribution < -0.4 is 22.3 Å². The third kappa shape index (κ3) is 3.96. The lowest BCUT2D eigenvalue weighted by atomic mass is 10.1. The number of aromatic nitrogens is 2. The Balaban J connectivity index is 2.35. The molecule has 0 fully saturated rings. The van der Waals surface area contributed by atoms with Crippen molar-refractivity contribution in [2.24, 2.45) is 13.0 Å². The van der Waals surface area contributed by atoms with Gasteiger partial charge in [-0.1, -0.05) is 13.8 Å². The van der Waals surface area contributed by atoms with Crippen molar-refractivity contribution < 1.29 is 9.18 Å². The summed E-state index contributed by atoms with van der Waals surface area (Å²) < 4.78 is 15.0. The van der Waals surface area contributed by atoms with Crippen LogP contribution in [0.25, 0.3) is 0 Å². The first-order valence-electron chi connectivity index (χ1n) is 7.84. The van der Waals surface area contributed by atoms with Crippen molar-refractivity contribution in [2.75, 3.05) is 17.6 Å². The lowest BCUT2D eigenvalue weighted by molar-refractivity contribution is 0.100. The molecule has 8 heteroatoms. The van der Waals surface area contributed by atoms with Crippen LogP contribution in [-0.2, 0) is 13.6 Å². The van der Waals surface area contributed by atoms with E-state index in [4.69, 9.17) is 5.73 Å². The molecule has 3 N–H and O–H groups in total. The summed E-state index contributed by atoms with van der Waals surface area (Å²) in [6.45, 7) is 3.89. The van der Waals surface area contributed by atoms with E-state index in [2.05, 4.69) is 5.32 Å². The molecule has 2 rings (SSSR count). The van der Waals surface area contributed by atoms with Gasteiger partial charge in [0.25, 0.3) is 5.56 Å². The van der Waals surface area contributed by atoms with E-state index in [-0.39, 0.29) is 23.8 Å². The SMILES string of the molecule is CC(C)Cn1c(N)c(C(=O)CNc2ccc(F)cc2)c(=O)n(C)c1=O. The van der Waals surface area contributed by atoms with E-state index in [0.29, 0.717) is 12.2 Å². The summed E-state index contributed by atoms with van der Waals surface area (Å²) in [5.74, 6) is -0.957. The molecule has 0 spiro atoms. The molecule has 2 aromatic rings. The number of nitrogens with zero attached hydrogens (tertiary/aromatic N) is 2. The third-order valence-electron chi connectivity index (χ3n) is 3.71. The molecule has 0 unspecified atom stereocenters. The molecule has 0 saturated heterocycles. The number of hydrogen-bond acceptors (Lipinski definition) is 5. The van der Waals surface area contributed by atoms with Crippen molar-refractivity contribution in [3.05, 3.63) is 56.5 Å². The number of carbonyl (C=O) groups is 1. The highest BCUT2D eigenvalue weighted by atomic mass is 19.1. The van der Waals surface area contributed by atoms with Gasteiger partial charge in [0.1, 0.15) is 17.2 Å². The summed E-state index contributed by atoms with van der Waals surface area (Å²) >= 11 is 0. The Kier molecular flexibility index (Phi) is 5.41. The fourth-order valence-corrected chi connectivity index (χ4v) is 2.43. The number of nitrogens with one attached hydrogen (secondary N) is 1. The van der Waals surface area contributed by atoms with Crippen LogP contribution in [0.1, 0.15) is 24.2 Å². The molecule has 134 valence electrons. The Morgan fingerprint density at radius 2 is 1.84 bits per heavy atom. The summed E-state index contributed by atoms with van der Waals surface area (Å²) in [4.78, 5) is 37.0. The predicted molar refractivity (Wildman–Crippen MR) is 94.4 cm³/mol. The number of nitrogens with two attached hydrogens (primary N) is 1. The Morgan fingerprint density at radius 3 is 2.40 bits per heavy atom. The Hall–Kier alpha value is -2.90. The second-order valence-electron chi connectivity index (χ2n) is 6.20. The maximum atomic E-state index is 12.9. The molecular weight excluding hydrogens is 327 g/mol. The minimum Gasteiger partial charge on any atom is -0.384 e. The Bertz CT molecular complexity index is 898. The van der Waals surface area contributed by atoms with E-state index in [1.807, 2.05) is 13.8 Å². The molecule has 1 heterocycles. The average Bonchev–Trinajstić information content (AvgIpc) is 2.56. The van der Waals surface area contributed by atoms with E-state index < -0.39 is 22.8 Å². The van der Waals surface area contributed by atoms with Gasteiger partial charge in [-0.05, 0) is 30.2 Å². The lowest BCUT2D eigenvalue weighted by Gasteiger charge is -2.16. The topological polar surface area (TPSA) is 99.1 Å². The minimum absolute atomic E-state index is 0.109. The van der Waals surface area contributed by atoms with E-state index in [0.717, 1.165) is 4.57 Å². The molecule has 0 aliphatic carbocycles. The van der Waals surface area contributed by atoms with Gasteiger partial charge >= 0.3 is 5.69 Å². The van der Waals surface area contributed by atoms with Gasteiger partial charge < -0.3 is 11.1 Å². The van der Waals surface area contributed by atoms with Crippen molar-refractivity contribution in [3.8, 4) is 0 Å². The van der Waals surface area contributed by atoms with Gasteiger partial charge in [-0.3, -0.25) is 18.7 Å². The molecule has 1 aromatic carbocycles. The number of benzene rings is 1. The minimum atomic E-state index is -0.728. The number of ketones is 1. The number of rotatable bonds is 6. The maximum absolute atomic E-state index is 12.9. The smallest absolute Gasteiger partial charge is 0.332 e. The Morgan fingerprint density at radius 1 is 1.24 bits per heavy atom. The van der Waals surface area contributed by atoms with Crippen LogP contribution >= 0.6 is 0 Å². The van der Waals surface area contributed by atoms with Gasteiger partial charge in [-0.25, -0.2) is 9.18 Å². The van der Waals surface area contributed by atoms with Crippen LogP contribution in [0, 0.1) is 11.7 Å². The molecule has 0 saturated carbocycles. The molecule has 0 radical (unpaired) electrons. The van der Waals surface area contributed by atoms with E-state index in [1.165, 1.54) is 35.9 Å². The molecule has 0 bridgehead atoms. The van der Waals surface area contributed by atoms with Crippen molar-refractivity contribution >= 4 is 17.3 Å². The zero-order valence-electron chi connectivity index (χ0n) is 14.4. The summed E-state index contributed by atoms with van der Waals surface area (Å²) in [7, 11) is 1.31. The average molecular weight is 348 g/mol. The number of carbonyl (C=O) groups excluding carboxylic acids is 1. The first-order valence-corrected chi connectivity index (χ1v) is 7.84. The summed E-state index contributed by atoms with van der Waals surface area (Å²) in [5.41, 5.74) is 4.96. The monoisotopic (exact) mass is 348 g/mol. The number of nitrogen functional groups attached to an aromatic ring is 1. The van der Waals surface area contributed by atoms with Crippen LogP contribution in [0.2, 0.25) is 0 Å². The number of halogens is 1. The van der Waals surface area contributed by atoms with Crippen LogP contribution in [-0.4, -0.2) is 21.5 Å². The maximum Gasteiger partial charge on any atom is 0.332 e. The highest BCUT2D eigenvalue weighted by Gasteiger charge is 2.21. The van der Waals surface area contributed by atoms with Crippen LogP contribution in [0.5, 0.6) is 0 Å². The Labute approximate surface area is 143 Å². The molecule has 1 aromatic heterocycles. The predicted octanol–water partition coefficient (Wildman–Crippen LogP) is 1.22. The van der Waals surface area contributed by atoms with Gasteiger partial charge in [0.15, 0.2) is 5.78 Å². The zero-order valence-corrected chi connectivity index (χ0v) is 14.4. The molecule has 0 aliphatic heterocycles. The van der Waals surface area contributed by atoms with E-state index in [1.54, 1.807) is 0 Å². The number of hydrogen-bond donors (Lipinski definition) is 2. The summed E-state index contributed by atoms with van der Waals surface area (Å²) in [5, 5.41) is 2.81. The fourth-order valence-electron chi connectivity index (χ4n) is 2.43. The molecule has 25 heavy (non-hydrogen) atoms. The van der Waals surface area contributed by atoms with Crippen molar-refractivity contribution in [1.29, 1.82) is 0 Å². The van der Waals surface area contributed by atoms with Crippen molar-refractivity contribution in [3.63, 3.8) is 0 Å². The molecule has 7 nitrogen and oxygen atoms in total. The van der Waals surface area contributed by atoms with Gasteiger partial charge in [0.05, 0.1) is 6.54 Å². The fraction of sp³-hybridized carbons (Fsp3) is 0.353. The number of anilines is 2. The molecule has 0 amide bonds. The van der Waals surface area contributed by atoms with Gasteiger partial charge in [0.2, 0.25) is 0 Å². The van der Waals surface area contributed by atoms with Gasteiger partial charge in [-0.15, -0.1) is 0 Å². The van der Waals surface area contributed by atoms with E-state index >= 15 is 0 Å². The van der Waals surface area contributed by atoms with Crippen LogP contribution in [0.15, 0.2) is 33.9 Å². The first kappa shape index (κ1) is 18.4. The number of Topliss-reactive ketones (excluding diaryl/α,β-unsaturated/α-hetero) is 1. The zero-order chi connectivity index (χ0) is 18.7. The second kappa shape index (κ2) is 7.33. The van der Waals surface area contributed by atoms with E-state index in [9.17, 15) is 18.8 Å². The lowest BCUT2D eigenvalue weighted by Crippen LogP contribution is -2.43. The highest BCUT2D eigenvalue weighted by Crippen LogP contribution is 2.11. The molecular formula is C17H21FN4O3. The van der Waals surface area contributed by atoms with Gasteiger partial charge in [0, 0.05) is 19.3 Å². The third-order valence-corrected chi connectivity index (χ3v) is 3.71. The summed E-state index contributed by atoms with van der Waals surface area (Å²) in [6, 6.07) is 5.46. The second-order valence-corrected chi connectivity index (χ2v) is 6.20. The van der Waals surface area contributed by atoms with Gasteiger partial charge in [-0.2, -0.15) is 0 Å². The van der Waals surface area contributed by atoms with Crippen molar-refractivity contribution in [2.45, 2.75) is 20.4 Å². The van der Waals surface area contributed by atoms with Crippen LogP contribution in [0.4, 0.5) is 15.9 Å². The quantitative estimate of drug-likeness (QED) is 0.765. The highest BCUT2D eigenvalue weighted by molar-refractivity contribution is 6.02. The largest absolute Gasteiger partial charge is 0.384 e. The normalized spacial score (nSPS) is 10.9. The standard InChI is InChI=1S/C17H21FN4O3/c1-10(2)9-22-15(19)14(16(24)21(3)17(22)25)13(23)8-20-12-6-4-11(18)5-7-12/h4-7,10,20H,8-9,19H2,1-3H3. The molecule has 0 aliphatic rings. The van der Waals surface area contributed by atoms with Crippen LogP contribution in [0.3, 0.4) is 0 Å². The first-order chi connectivity index (χ1) is 11.7. The summed E-state index contributed by atoms with van der Waals surface area (Å²) in [6.07, 6.45) is 0. The van der Waals surface area contributed by atoms with Crippen molar-refractivity contribution in [1.82, 2.24) is 9.13 Å². The molecule has 0 atom stereocenters.